The van der Waals surface area contributed by atoms with E-state index in [1.165, 1.54) is 75.6 Å². The van der Waals surface area contributed by atoms with Crippen molar-refractivity contribution >= 4 is 16.7 Å². The van der Waals surface area contributed by atoms with Crippen LogP contribution in [0.25, 0.3) is 66.7 Å². The van der Waals surface area contributed by atoms with Crippen LogP contribution in [-0.2, 0) is 30.3 Å². The van der Waals surface area contributed by atoms with Crippen LogP contribution in [0.4, 0.5) is 0 Å². The molecule has 0 amide bonds. The second kappa shape index (κ2) is 15.9. The van der Waals surface area contributed by atoms with Gasteiger partial charge in [-0.2, -0.15) is 0 Å². The van der Waals surface area contributed by atoms with Crippen molar-refractivity contribution in [2.75, 3.05) is 0 Å². The Morgan fingerprint density at radius 1 is 0.667 bits per heavy atom. The molecular weight excluding hydrogens is 839 g/mol. The first-order valence-electron chi connectivity index (χ1n) is 18.2. The van der Waals surface area contributed by atoms with Crippen molar-refractivity contribution in [3.63, 3.8) is 0 Å². The van der Waals surface area contributed by atoms with Gasteiger partial charge in [0, 0.05) is 31.6 Å². The van der Waals surface area contributed by atoms with Crippen LogP contribution in [0.3, 0.4) is 0 Å². The minimum Gasteiger partial charge on any atom is -0.512 e. The first-order valence-corrected chi connectivity index (χ1v) is 18.2. The number of allylic oxidation sites excluding steroid dienone is 2. The Balaban J connectivity index is 0.000000569. The van der Waals surface area contributed by atoms with Crippen LogP contribution in [0, 0.1) is 6.07 Å². The van der Waals surface area contributed by atoms with Gasteiger partial charge in [-0.3, -0.25) is 9.78 Å². The molecule has 3 nitrogen and oxygen atoms in total. The molecule has 1 heterocycles. The first-order chi connectivity index (χ1) is 25.5. The molecule has 0 unspecified atom stereocenters. The van der Waals surface area contributed by atoms with Crippen molar-refractivity contribution in [2.24, 2.45) is 0 Å². The summed E-state index contributed by atoms with van der Waals surface area (Å²) >= 11 is 0. The molecule has 54 heavy (non-hydrogen) atoms. The van der Waals surface area contributed by atoms with E-state index in [0.717, 1.165) is 27.7 Å². The largest absolute Gasteiger partial charge is 0.512 e. The van der Waals surface area contributed by atoms with E-state index in [-0.39, 0.29) is 37.1 Å². The Labute approximate surface area is 332 Å². The molecule has 0 spiro atoms. The van der Waals surface area contributed by atoms with Crippen LogP contribution < -0.4 is 0 Å². The Morgan fingerprint density at radius 3 is 1.96 bits per heavy atom. The Hall–Kier alpha value is -5.41. The van der Waals surface area contributed by atoms with Crippen molar-refractivity contribution in [3.05, 3.63) is 174 Å². The number of hydrogen-bond acceptors (Lipinski definition) is 3. The summed E-state index contributed by atoms with van der Waals surface area (Å²) in [6, 6.07) is 54.2. The molecular formula is C50H44IrNO2-. The number of nitrogens with zero attached hydrogens (tertiary/aromatic N) is 1. The fourth-order valence-corrected chi connectivity index (χ4v) is 7.36. The first kappa shape index (κ1) is 38.3. The normalized spacial score (nSPS) is 12.7. The summed E-state index contributed by atoms with van der Waals surface area (Å²) in [5.41, 5.74) is 17.0. The van der Waals surface area contributed by atoms with Crippen molar-refractivity contribution in [1.29, 1.82) is 0 Å². The fraction of sp³-hybridized carbons (Fsp3) is 0.160. The number of hydrogen-bond donors (Lipinski definition) is 1. The second-order valence-corrected chi connectivity index (χ2v) is 14.8. The molecule has 1 aromatic heterocycles. The number of benzene rings is 6. The van der Waals surface area contributed by atoms with Gasteiger partial charge in [0.1, 0.15) is 0 Å². The summed E-state index contributed by atoms with van der Waals surface area (Å²) in [6.45, 7) is 12.0. The number of fused-ring (bicyclic) bond motifs is 4. The van der Waals surface area contributed by atoms with Crippen molar-refractivity contribution in [3.8, 4) is 55.8 Å². The molecule has 271 valence electrons. The summed E-state index contributed by atoms with van der Waals surface area (Å²) in [4.78, 5) is 15.1. The molecule has 0 atom stereocenters. The molecule has 8 rings (SSSR count). The Morgan fingerprint density at radius 2 is 1.28 bits per heavy atom. The van der Waals surface area contributed by atoms with Gasteiger partial charge in [0.2, 0.25) is 0 Å². The molecule has 1 aliphatic carbocycles. The van der Waals surface area contributed by atoms with Gasteiger partial charge in [0.25, 0.3) is 0 Å². The standard InChI is InChI=1S/C45H36N.C5H8O2.Ir/c1-29(2)30-15-17-31(18-16-30)37-20-19-32-22-24-43(46-44(32)28-37)38-12-8-11-35(26-38)33-9-7-10-34(25-33)36-21-23-40-39-13-5-6-14-41(39)45(3,4)42(40)27-36;1-4(6)3-5(2)7;/h5-11,13-29H,1-4H3;3,6H,1-2H3;/q-1;;/b;4-3-;. The van der Waals surface area contributed by atoms with Crippen molar-refractivity contribution in [1.82, 2.24) is 4.98 Å². The third-order valence-corrected chi connectivity index (χ3v) is 10.2. The van der Waals surface area contributed by atoms with Crippen LogP contribution >= 0.6 is 0 Å². The summed E-state index contributed by atoms with van der Waals surface area (Å²) < 4.78 is 0. The molecule has 0 bridgehead atoms. The second-order valence-electron chi connectivity index (χ2n) is 14.8. The Bertz CT molecular complexity index is 2500. The monoisotopic (exact) mass is 883 g/mol. The zero-order valence-corrected chi connectivity index (χ0v) is 34.0. The number of pyridine rings is 1. The quantitative estimate of drug-likeness (QED) is 0.103. The number of aliphatic hydroxyl groups excluding tert-OH is 1. The molecule has 0 saturated carbocycles. The number of aromatic nitrogens is 1. The summed E-state index contributed by atoms with van der Waals surface area (Å²) in [7, 11) is 0. The van der Waals surface area contributed by atoms with Gasteiger partial charge in [-0.05, 0) is 105 Å². The summed E-state index contributed by atoms with van der Waals surface area (Å²) in [6.07, 6.45) is 1.17. The number of ketones is 1. The van der Waals surface area contributed by atoms with Crippen LogP contribution in [0.2, 0.25) is 0 Å². The van der Waals surface area contributed by atoms with Crippen LogP contribution in [0.15, 0.2) is 151 Å². The van der Waals surface area contributed by atoms with Crippen LogP contribution in [0.1, 0.15) is 64.2 Å². The number of carbonyl (C=O) groups excluding carboxylic acids is 1. The molecule has 1 N–H and O–H groups in total. The van der Waals surface area contributed by atoms with E-state index < -0.39 is 0 Å². The number of carbonyl (C=O) groups is 1. The number of rotatable bonds is 6. The molecule has 4 heteroatoms. The molecule has 7 aromatic rings. The van der Waals surface area contributed by atoms with Gasteiger partial charge in [-0.25, -0.2) is 0 Å². The SMILES string of the molecule is CC(=O)/C=C(/C)O.CC(C)c1ccc(-c2ccc3ccc(-c4[c-]ccc(-c5cccc(-c6ccc7c(c6)C(C)(C)c6ccccc6-7)c5)c4)nc3c2)cc1.[Ir]. The van der Waals surface area contributed by atoms with E-state index in [2.05, 4.69) is 167 Å². The average Bonchev–Trinajstić information content (AvgIpc) is 3.39. The van der Waals surface area contributed by atoms with E-state index >= 15 is 0 Å². The third kappa shape index (κ3) is 7.92. The minimum absolute atomic E-state index is 0. The summed E-state index contributed by atoms with van der Waals surface area (Å²) in [5, 5.41) is 9.50. The topological polar surface area (TPSA) is 50.2 Å². The van der Waals surface area contributed by atoms with E-state index in [1.807, 2.05) is 6.07 Å². The molecule has 0 aliphatic heterocycles. The third-order valence-electron chi connectivity index (χ3n) is 10.2. The maximum Gasteiger partial charge on any atom is 0.155 e. The average molecular weight is 883 g/mol. The fourth-order valence-electron chi connectivity index (χ4n) is 7.36. The van der Waals surface area contributed by atoms with E-state index in [0.29, 0.717) is 5.92 Å². The maximum absolute atomic E-state index is 10.0. The molecule has 0 saturated heterocycles. The van der Waals surface area contributed by atoms with Crippen molar-refractivity contribution in [2.45, 2.75) is 52.9 Å². The van der Waals surface area contributed by atoms with Gasteiger partial charge in [0.15, 0.2) is 5.78 Å². The molecule has 0 fully saturated rings. The molecule has 1 aliphatic rings. The van der Waals surface area contributed by atoms with E-state index in [4.69, 9.17) is 10.1 Å². The van der Waals surface area contributed by atoms with Gasteiger partial charge < -0.3 is 5.11 Å². The van der Waals surface area contributed by atoms with Crippen LogP contribution in [-0.4, -0.2) is 15.9 Å². The Kier molecular flexibility index (Phi) is 11.3. The smallest absolute Gasteiger partial charge is 0.155 e. The number of aliphatic hydroxyl groups is 1. The van der Waals surface area contributed by atoms with Gasteiger partial charge in [0.05, 0.1) is 11.3 Å². The predicted molar refractivity (Wildman–Crippen MR) is 221 cm³/mol. The predicted octanol–water partition coefficient (Wildman–Crippen LogP) is 13.2. The van der Waals surface area contributed by atoms with Gasteiger partial charge >= 0.3 is 0 Å². The molecule has 6 aromatic carbocycles. The van der Waals surface area contributed by atoms with Gasteiger partial charge in [-0.1, -0.05) is 131 Å². The van der Waals surface area contributed by atoms with Crippen molar-refractivity contribution < 1.29 is 30.0 Å². The van der Waals surface area contributed by atoms with E-state index in [9.17, 15) is 4.79 Å². The zero-order valence-electron chi connectivity index (χ0n) is 31.6. The molecule has 1 radical (unpaired) electrons. The van der Waals surface area contributed by atoms with E-state index in [1.54, 1.807) is 0 Å². The zero-order chi connectivity index (χ0) is 37.3. The van der Waals surface area contributed by atoms with Gasteiger partial charge in [-0.15, -0.1) is 35.4 Å². The summed E-state index contributed by atoms with van der Waals surface area (Å²) in [5.74, 6) is 0.460. The maximum atomic E-state index is 10.0. The van der Waals surface area contributed by atoms with Crippen LogP contribution in [0.5, 0.6) is 0 Å². The minimum atomic E-state index is -0.125.